The Labute approximate surface area is 226 Å². The second-order valence-electron chi connectivity index (χ2n) is 9.59. The molecule has 0 saturated heterocycles. The van der Waals surface area contributed by atoms with Gasteiger partial charge in [-0.05, 0) is 67.0 Å². The second-order valence-corrected chi connectivity index (χ2v) is 10.8. The van der Waals surface area contributed by atoms with Crippen LogP contribution in [0.4, 0.5) is 0 Å². The molecule has 1 aromatic rings. The van der Waals surface area contributed by atoms with Gasteiger partial charge in [0, 0.05) is 37.4 Å². The van der Waals surface area contributed by atoms with E-state index in [4.69, 9.17) is 9.84 Å². The number of hydrogen-bond acceptors (Lipinski definition) is 6. The summed E-state index contributed by atoms with van der Waals surface area (Å²) in [5.74, 6) is 0.190. The molecule has 2 amide bonds. The van der Waals surface area contributed by atoms with Crippen LogP contribution >= 0.6 is 22.6 Å². The molecule has 2 aliphatic rings. The number of halogens is 1. The first kappa shape index (κ1) is 28.6. The SMILES string of the molecule is CC(=O)CCCC(=O)N(C1CCCCC1)C1CC(C(=O)NCCO)=CC(Oc2ccccc2I)C1O. The fraction of sp³-hybridized carbons (Fsp3) is 0.593. The number of aliphatic hydroxyl groups is 2. The first-order chi connectivity index (χ1) is 17.3. The molecule has 3 N–H and O–H groups in total. The third kappa shape index (κ3) is 7.76. The van der Waals surface area contributed by atoms with Crippen molar-refractivity contribution in [3.8, 4) is 5.75 Å². The summed E-state index contributed by atoms with van der Waals surface area (Å²) in [7, 11) is 0. The minimum Gasteiger partial charge on any atom is -0.482 e. The largest absolute Gasteiger partial charge is 0.482 e. The van der Waals surface area contributed by atoms with Gasteiger partial charge in [-0.15, -0.1) is 0 Å². The van der Waals surface area contributed by atoms with Crippen molar-refractivity contribution in [2.24, 2.45) is 0 Å². The number of amides is 2. The summed E-state index contributed by atoms with van der Waals surface area (Å²) in [5.41, 5.74) is 0.423. The molecule has 2 aliphatic carbocycles. The average Bonchev–Trinajstić information content (AvgIpc) is 2.86. The van der Waals surface area contributed by atoms with Gasteiger partial charge in [0.05, 0.1) is 16.2 Å². The van der Waals surface area contributed by atoms with Gasteiger partial charge in [-0.2, -0.15) is 0 Å². The van der Waals surface area contributed by atoms with Gasteiger partial charge in [-0.3, -0.25) is 9.59 Å². The lowest BCUT2D eigenvalue weighted by molar-refractivity contribution is -0.143. The summed E-state index contributed by atoms with van der Waals surface area (Å²) >= 11 is 2.16. The van der Waals surface area contributed by atoms with Crippen molar-refractivity contribution in [2.75, 3.05) is 13.2 Å². The number of rotatable bonds is 11. The molecule has 198 valence electrons. The Morgan fingerprint density at radius 2 is 1.86 bits per heavy atom. The molecular formula is C27H37IN2O6. The molecule has 0 aromatic heterocycles. The molecule has 0 aliphatic heterocycles. The molecule has 1 aromatic carbocycles. The van der Waals surface area contributed by atoms with E-state index in [1.807, 2.05) is 24.3 Å². The zero-order valence-corrected chi connectivity index (χ0v) is 23.0. The number of ketones is 1. The van der Waals surface area contributed by atoms with Crippen LogP contribution in [0.3, 0.4) is 0 Å². The number of aliphatic hydroxyl groups excluding tert-OH is 2. The molecule has 0 spiro atoms. The third-order valence-electron chi connectivity index (χ3n) is 6.85. The lowest BCUT2D eigenvalue weighted by atomic mass is 9.85. The van der Waals surface area contributed by atoms with Crippen LogP contribution in [0, 0.1) is 3.57 Å². The predicted octanol–water partition coefficient (Wildman–Crippen LogP) is 3.13. The molecule has 3 rings (SSSR count). The monoisotopic (exact) mass is 612 g/mol. The van der Waals surface area contributed by atoms with Crippen LogP contribution in [0.5, 0.6) is 5.75 Å². The number of Topliss-reactive ketones (excluding diaryl/α,β-unsaturated/α-hetero) is 1. The van der Waals surface area contributed by atoms with Gasteiger partial charge in [-0.1, -0.05) is 31.4 Å². The van der Waals surface area contributed by atoms with E-state index in [0.29, 0.717) is 24.2 Å². The first-order valence-electron chi connectivity index (χ1n) is 12.8. The van der Waals surface area contributed by atoms with Gasteiger partial charge >= 0.3 is 0 Å². The van der Waals surface area contributed by atoms with E-state index in [0.717, 1.165) is 35.7 Å². The average molecular weight is 613 g/mol. The Bertz CT molecular complexity index is 946. The maximum atomic E-state index is 13.5. The third-order valence-corrected chi connectivity index (χ3v) is 7.74. The Kier molecular flexibility index (Phi) is 11.2. The van der Waals surface area contributed by atoms with Crippen molar-refractivity contribution in [2.45, 2.75) is 89.0 Å². The number of carbonyl (C=O) groups is 3. The first-order valence-corrected chi connectivity index (χ1v) is 13.9. The number of benzene rings is 1. The van der Waals surface area contributed by atoms with E-state index < -0.39 is 18.2 Å². The van der Waals surface area contributed by atoms with Crippen LogP contribution in [0.2, 0.25) is 0 Å². The zero-order valence-electron chi connectivity index (χ0n) is 20.8. The highest BCUT2D eigenvalue weighted by Crippen LogP contribution is 2.34. The van der Waals surface area contributed by atoms with Crippen molar-refractivity contribution in [3.05, 3.63) is 39.5 Å². The van der Waals surface area contributed by atoms with Gasteiger partial charge in [0.1, 0.15) is 23.7 Å². The lowest BCUT2D eigenvalue weighted by Crippen LogP contribution is -2.58. The minimum absolute atomic E-state index is 0.0272. The van der Waals surface area contributed by atoms with E-state index >= 15 is 0 Å². The van der Waals surface area contributed by atoms with Gasteiger partial charge in [0.15, 0.2) is 0 Å². The Balaban J connectivity index is 1.92. The van der Waals surface area contributed by atoms with Crippen LogP contribution in [0.15, 0.2) is 35.9 Å². The van der Waals surface area contributed by atoms with Gasteiger partial charge in [0.25, 0.3) is 0 Å². The molecule has 3 atom stereocenters. The Hall–Kier alpha value is -1.98. The van der Waals surface area contributed by atoms with E-state index in [9.17, 15) is 19.5 Å². The van der Waals surface area contributed by atoms with E-state index in [-0.39, 0.29) is 49.6 Å². The molecule has 1 fully saturated rings. The Morgan fingerprint density at radius 3 is 2.53 bits per heavy atom. The second kappa shape index (κ2) is 14.1. The number of hydrogen-bond donors (Lipinski definition) is 3. The normalized spacial score (nSPS) is 22.4. The van der Waals surface area contributed by atoms with Gasteiger partial charge in [-0.25, -0.2) is 0 Å². The molecular weight excluding hydrogens is 575 g/mol. The molecule has 1 saturated carbocycles. The molecule has 0 heterocycles. The molecule has 0 bridgehead atoms. The standard InChI is InChI=1S/C27H37IN2O6/c1-18(32)8-7-13-25(33)30(20-9-3-2-4-10-20)22-16-19(27(35)29-14-15-31)17-24(26(22)34)36-23-12-6-5-11-21(23)28/h5-6,11-12,17,20,22,24,26,31,34H,2-4,7-10,13-16H2,1H3,(H,29,35). The number of para-hydroxylation sites is 1. The highest BCUT2D eigenvalue weighted by atomic mass is 127. The number of nitrogens with one attached hydrogen (secondary N) is 1. The highest BCUT2D eigenvalue weighted by Gasteiger charge is 2.43. The van der Waals surface area contributed by atoms with Crippen molar-refractivity contribution in [3.63, 3.8) is 0 Å². The van der Waals surface area contributed by atoms with Crippen molar-refractivity contribution >= 4 is 40.2 Å². The summed E-state index contributed by atoms with van der Waals surface area (Å²) in [6.07, 6.45) is 5.81. The number of carbonyl (C=O) groups excluding carboxylic acids is 3. The smallest absolute Gasteiger partial charge is 0.247 e. The quantitative estimate of drug-likeness (QED) is 0.331. The molecule has 0 radical (unpaired) electrons. The van der Waals surface area contributed by atoms with E-state index in [2.05, 4.69) is 27.9 Å². The predicted molar refractivity (Wildman–Crippen MR) is 144 cm³/mol. The summed E-state index contributed by atoms with van der Waals surface area (Å²) in [6, 6.07) is 6.78. The van der Waals surface area contributed by atoms with Crippen LogP contribution in [0.1, 0.15) is 64.7 Å². The minimum atomic E-state index is -1.03. The van der Waals surface area contributed by atoms with E-state index in [1.54, 1.807) is 11.0 Å². The summed E-state index contributed by atoms with van der Waals surface area (Å²) in [5, 5.41) is 23.4. The van der Waals surface area contributed by atoms with Crippen LogP contribution in [0.25, 0.3) is 0 Å². The molecule has 3 unspecified atom stereocenters. The summed E-state index contributed by atoms with van der Waals surface area (Å²) < 4.78 is 7.07. The summed E-state index contributed by atoms with van der Waals surface area (Å²) in [6.45, 7) is 1.45. The molecule has 8 nitrogen and oxygen atoms in total. The maximum Gasteiger partial charge on any atom is 0.247 e. The molecule has 36 heavy (non-hydrogen) atoms. The molecule has 9 heteroatoms. The number of ether oxygens (including phenoxy) is 1. The fourth-order valence-corrected chi connectivity index (χ4v) is 5.59. The Morgan fingerprint density at radius 1 is 1.14 bits per heavy atom. The zero-order chi connectivity index (χ0) is 26.1. The fourth-order valence-electron chi connectivity index (χ4n) is 5.07. The summed E-state index contributed by atoms with van der Waals surface area (Å²) in [4.78, 5) is 39.7. The van der Waals surface area contributed by atoms with Crippen LogP contribution in [-0.4, -0.2) is 70.2 Å². The van der Waals surface area contributed by atoms with Crippen LogP contribution in [-0.2, 0) is 14.4 Å². The van der Waals surface area contributed by atoms with Gasteiger partial charge < -0.3 is 30.0 Å². The lowest BCUT2D eigenvalue weighted by Gasteiger charge is -2.45. The van der Waals surface area contributed by atoms with Crippen molar-refractivity contribution < 1.29 is 29.3 Å². The topological polar surface area (TPSA) is 116 Å². The van der Waals surface area contributed by atoms with Gasteiger partial charge in [0.2, 0.25) is 11.8 Å². The van der Waals surface area contributed by atoms with Crippen molar-refractivity contribution in [1.82, 2.24) is 10.2 Å². The maximum absolute atomic E-state index is 13.5. The number of nitrogens with zero attached hydrogens (tertiary/aromatic N) is 1. The highest BCUT2D eigenvalue weighted by molar-refractivity contribution is 14.1. The van der Waals surface area contributed by atoms with Crippen molar-refractivity contribution in [1.29, 1.82) is 0 Å². The van der Waals surface area contributed by atoms with E-state index in [1.165, 1.54) is 6.92 Å². The van der Waals surface area contributed by atoms with Crippen LogP contribution < -0.4 is 10.1 Å².